The molecule has 0 aliphatic carbocycles. The topological polar surface area (TPSA) is 91.1 Å². The van der Waals surface area contributed by atoms with Crippen LogP contribution in [-0.4, -0.2) is 46.2 Å². The molecule has 0 saturated carbocycles. The van der Waals surface area contributed by atoms with Gasteiger partial charge in [0.15, 0.2) is 0 Å². The van der Waals surface area contributed by atoms with Crippen molar-refractivity contribution in [1.29, 1.82) is 5.26 Å². The van der Waals surface area contributed by atoms with E-state index in [2.05, 4.69) is 21.4 Å². The van der Waals surface area contributed by atoms with E-state index >= 15 is 0 Å². The number of ether oxygens (including phenoxy) is 1. The van der Waals surface area contributed by atoms with Gasteiger partial charge in [-0.1, -0.05) is 0 Å². The zero-order valence-corrected chi connectivity index (χ0v) is 14.1. The molecule has 23 heavy (non-hydrogen) atoms. The van der Waals surface area contributed by atoms with Crippen LogP contribution in [-0.2, 0) is 4.74 Å². The van der Waals surface area contributed by atoms with Crippen molar-refractivity contribution in [3.8, 4) is 6.07 Å². The SMILES string of the molecule is Cc1ncnc(NCC2CCN(C(=O)OC(C)(C)C)C2)c1C#N. The second kappa shape index (κ2) is 6.82. The number of anilines is 1. The quantitative estimate of drug-likeness (QED) is 0.920. The Bertz CT molecular complexity index is 618. The van der Waals surface area contributed by atoms with Crippen molar-refractivity contribution in [3.05, 3.63) is 17.6 Å². The third-order valence-corrected chi connectivity index (χ3v) is 3.64. The molecule has 0 aromatic carbocycles. The van der Waals surface area contributed by atoms with Crippen molar-refractivity contribution in [3.63, 3.8) is 0 Å². The average Bonchev–Trinajstić information content (AvgIpc) is 2.92. The zero-order valence-electron chi connectivity index (χ0n) is 14.1. The number of aryl methyl sites for hydroxylation is 1. The van der Waals surface area contributed by atoms with Gasteiger partial charge in [-0.2, -0.15) is 5.26 Å². The summed E-state index contributed by atoms with van der Waals surface area (Å²) in [4.78, 5) is 21.9. The van der Waals surface area contributed by atoms with Crippen LogP contribution in [0.2, 0.25) is 0 Å². The van der Waals surface area contributed by atoms with E-state index in [0.29, 0.717) is 42.6 Å². The van der Waals surface area contributed by atoms with E-state index in [1.807, 2.05) is 20.8 Å². The number of carbonyl (C=O) groups excluding carboxylic acids is 1. The van der Waals surface area contributed by atoms with Gasteiger partial charge < -0.3 is 15.0 Å². The average molecular weight is 317 g/mol. The highest BCUT2D eigenvalue weighted by Gasteiger charge is 2.29. The molecule has 7 heteroatoms. The molecule has 0 spiro atoms. The number of rotatable bonds is 3. The molecular formula is C16H23N5O2. The number of hydrogen-bond acceptors (Lipinski definition) is 6. The molecule has 1 aliphatic heterocycles. The van der Waals surface area contributed by atoms with Crippen molar-refractivity contribution in [1.82, 2.24) is 14.9 Å². The summed E-state index contributed by atoms with van der Waals surface area (Å²) in [5.41, 5.74) is 0.648. The summed E-state index contributed by atoms with van der Waals surface area (Å²) in [5, 5.41) is 12.4. The van der Waals surface area contributed by atoms with E-state index in [9.17, 15) is 10.1 Å². The summed E-state index contributed by atoms with van der Waals surface area (Å²) >= 11 is 0. The maximum absolute atomic E-state index is 12.0. The molecule has 1 aromatic rings. The molecule has 1 aromatic heterocycles. The monoisotopic (exact) mass is 317 g/mol. The fourth-order valence-electron chi connectivity index (χ4n) is 2.47. The van der Waals surface area contributed by atoms with E-state index in [1.54, 1.807) is 11.8 Å². The second-order valence-electron chi connectivity index (χ2n) is 6.76. The fourth-order valence-corrected chi connectivity index (χ4v) is 2.47. The summed E-state index contributed by atoms with van der Waals surface area (Å²) in [6.07, 6.45) is 2.08. The number of nitriles is 1. The molecule has 0 radical (unpaired) electrons. The normalized spacial score (nSPS) is 17.7. The number of aromatic nitrogens is 2. The number of hydrogen-bond donors (Lipinski definition) is 1. The molecule has 124 valence electrons. The van der Waals surface area contributed by atoms with Gasteiger partial charge in [0.25, 0.3) is 0 Å². The zero-order chi connectivity index (χ0) is 17.0. The predicted octanol–water partition coefficient (Wildman–Crippen LogP) is 2.33. The summed E-state index contributed by atoms with van der Waals surface area (Å²) in [7, 11) is 0. The van der Waals surface area contributed by atoms with Crippen LogP contribution in [0.15, 0.2) is 6.33 Å². The van der Waals surface area contributed by atoms with Gasteiger partial charge in [0, 0.05) is 19.6 Å². The molecule has 1 amide bonds. The van der Waals surface area contributed by atoms with Crippen molar-refractivity contribution < 1.29 is 9.53 Å². The summed E-state index contributed by atoms with van der Waals surface area (Å²) in [6.45, 7) is 9.36. The highest BCUT2D eigenvalue weighted by Crippen LogP contribution is 2.21. The van der Waals surface area contributed by atoms with E-state index in [1.165, 1.54) is 6.33 Å². The van der Waals surface area contributed by atoms with Gasteiger partial charge in [-0.25, -0.2) is 14.8 Å². The minimum Gasteiger partial charge on any atom is -0.444 e. The first-order chi connectivity index (χ1) is 10.8. The van der Waals surface area contributed by atoms with Crippen LogP contribution in [0.25, 0.3) is 0 Å². The molecule has 1 aliphatic rings. The molecule has 2 heterocycles. The molecule has 7 nitrogen and oxygen atoms in total. The maximum Gasteiger partial charge on any atom is 0.410 e. The van der Waals surface area contributed by atoms with Crippen LogP contribution in [0, 0.1) is 24.2 Å². The molecular weight excluding hydrogens is 294 g/mol. The number of nitrogens with one attached hydrogen (secondary N) is 1. The van der Waals surface area contributed by atoms with Crippen molar-refractivity contribution >= 4 is 11.9 Å². The van der Waals surface area contributed by atoms with E-state index in [4.69, 9.17) is 4.74 Å². The lowest BCUT2D eigenvalue weighted by atomic mass is 10.1. The first-order valence-corrected chi connectivity index (χ1v) is 7.73. The number of carbonyl (C=O) groups is 1. The van der Waals surface area contributed by atoms with Crippen LogP contribution in [0.3, 0.4) is 0 Å². The standard InChI is InChI=1S/C16H23N5O2/c1-11-13(7-17)14(20-10-19-11)18-8-12-5-6-21(9-12)15(22)23-16(2,3)4/h10,12H,5-6,8-9H2,1-4H3,(H,18,19,20). The Morgan fingerprint density at radius 1 is 1.52 bits per heavy atom. The second-order valence-corrected chi connectivity index (χ2v) is 6.76. The maximum atomic E-state index is 12.0. The molecule has 1 fully saturated rings. The number of nitrogens with zero attached hydrogens (tertiary/aromatic N) is 4. The minimum atomic E-state index is -0.479. The van der Waals surface area contributed by atoms with Crippen LogP contribution in [0.5, 0.6) is 0 Å². The van der Waals surface area contributed by atoms with Gasteiger partial charge in [-0.05, 0) is 40.0 Å². The van der Waals surface area contributed by atoms with Crippen LogP contribution < -0.4 is 5.32 Å². The van der Waals surface area contributed by atoms with E-state index in [-0.39, 0.29) is 6.09 Å². The van der Waals surface area contributed by atoms with Crippen molar-refractivity contribution in [2.24, 2.45) is 5.92 Å². The molecule has 1 unspecified atom stereocenters. The number of amides is 1. The molecule has 1 N–H and O–H groups in total. The molecule has 0 bridgehead atoms. The first kappa shape index (κ1) is 17.0. The van der Waals surface area contributed by atoms with Crippen molar-refractivity contribution in [2.75, 3.05) is 25.0 Å². The highest BCUT2D eigenvalue weighted by atomic mass is 16.6. The van der Waals surface area contributed by atoms with Gasteiger partial charge in [-0.15, -0.1) is 0 Å². The summed E-state index contributed by atoms with van der Waals surface area (Å²) < 4.78 is 5.39. The minimum absolute atomic E-state index is 0.268. The molecule has 2 rings (SSSR count). The lowest BCUT2D eigenvalue weighted by Gasteiger charge is -2.24. The Kier molecular flexibility index (Phi) is 5.04. The Morgan fingerprint density at radius 2 is 2.26 bits per heavy atom. The molecule has 1 saturated heterocycles. The highest BCUT2D eigenvalue weighted by molar-refractivity contribution is 5.68. The van der Waals surface area contributed by atoms with Gasteiger partial charge >= 0.3 is 6.09 Å². The number of likely N-dealkylation sites (tertiary alicyclic amines) is 1. The van der Waals surface area contributed by atoms with Crippen LogP contribution in [0.1, 0.15) is 38.4 Å². The predicted molar refractivity (Wildman–Crippen MR) is 85.9 cm³/mol. The lowest BCUT2D eigenvalue weighted by Crippen LogP contribution is -2.35. The van der Waals surface area contributed by atoms with Gasteiger partial charge in [-0.3, -0.25) is 0 Å². The fraction of sp³-hybridized carbons (Fsp3) is 0.625. The Hall–Kier alpha value is -2.36. The Labute approximate surface area is 136 Å². The lowest BCUT2D eigenvalue weighted by molar-refractivity contribution is 0.0289. The van der Waals surface area contributed by atoms with E-state index < -0.39 is 5.60 Å². The Morgan fingerprint density at radius 3 is 2.91 bits per heavy atom. The van der Waals surface area contributed by atoms with Crippen LogP contribution >= 0.6 is 0 Å². The van der Waals surface area contributed by atoms with Gasteiger partial charge in [0.05, 0.1) is 5.69 Å². The largest absolute Gasteiger partial charge is 0.444 e. The third-order valence-electron chi connectivity index (χ3n) is 3.64. The van der Waals surface area contributed by atoms with Gasteiger partial charge in [0.1, 0.15) is 29.4 Å². The molecule has 1 atom stereocenters. The smallest absolute Gasteiger partial charge is 0.410 e. The van der Waals surface area contributed by atoms with Crippen LogP contribution in [0.4, 0.5) is 10.6 Å². The summed E-state index contributed by atoms with van der Waals surface area (Å²) in [5.74, 6) is 0.861. The third kappa shape index (κ3) is 4.55. The van der Waals surface area contributed by atoms with E-state index in [0.717, 1.165) is 6.42 Å². The van der Waals surface area contributed by atoms with Crippen molar-refractivity contribution in [2.45, 2.75) is 39.7 Å². The first-order valence-electron chi connectivity index (χ1n) is 7.73. The van der Waals surface area contributed by atoms with Gasteiger partial charge in [0.2, 0.25) is 0 Å². The summed E-state index contributed by atoms with van der Waals surface area (Å²) in [6, 6.07) is 2.12. The Balaban J connectivity index is 1.89.